The number of hydrogen-bond acceptors (Lipinski definition) is 1. The molecule has 0 aliphatic rings. The molecule has 0 heterocycles. The SMILES string of the molecule is COc1cccc(Cc2ccc(C(C)C)cc2)c1. The molecule has 0 saturated heterocycles. The second-order valence-corrected chi connectivity index (χ2v) is 4.92. The van der Waals surface area contributed by atoms with Gasteiger partial charge >= 0.3 is 0 Å². The lowest BCUT2D eigenvalue weighted by Crippen LogP contribution is -1.92. The van der Waals surface area contributed by atoms with Crippen LogP contribution in [0.25, 0.3) is 0 Å². The quantitative estimate of drug-likeness (QED) is 0.769. The average molecular weight is 240 g/mol. The molecular weight excluding hydrogens is 220 g/mol. The molecule has 0 N–H and O–H groups in total. The number of methoxy groups -OCH3 is 1. The zero-order chi connectivity index (χ0) is 13.0. The Balaban J connectivity index is 2.13. The Bertz CT molecular complexity index is 497. The van der Waals surface area contributed by atoms with Crippen molar-refractivity contribution in [2.45, 2.75) is 26.2 Å². The average Bonchev–Trinajstić information content (AvgIpc) is 2.39. The molecular formula is C17H20O. The molecule has 1 nitrogen and oxygen atoms in total. The zero-order valence-corrected chi connectivity index (χ0v) is 11.3. The molecule has 0 amide bonds. The third-order valence-electron chi connectivity index (χ3n) is 3.19. The third kappa shape index (κ3) is 3.13. The summed E-state index contributed by atoms with van der Waals surface area (Å²) in [6.45, 7) is 4.44. The summed E-state index contributed by atoms with van der Waals surface area (Å²) >= 11 is 0. The van der Waals surface area contributed by atoms with Gasteiger partial charge in [-0.05, 0) is 41.2 Å². The Morgan fingerprint density at radius 2 is 1.67 bits per heavy atom. The molecule has 94 valence electrons. The van der Waals surface area contributed by atoms with Crippen molar-refractivity contribution in [3.05, 3.63) is 65.2 Å². The van der Waals surface area contributed by atoms with E-state index in [1.54, 1.807) is 7.11 Å². The van der Waals surface area contributed by atoms with Crippen LogP contribution in [0.15, 0.2) is 48.5 Å². The van der Waals surface area contributed by atoms with Gasteiger partial charge in [0.1, 0.15) is 5.75 Å². The lowest BCUT2D eigenvalue weighted by atomic mass is 9.99. The van der Waals surface area contributed by atoms with Crippen molar-refractivity contribution in [2.75, 3.05) is 7.11 Å². The van der Waals surface area contributed by atoms with E-state index in [0.717, 1.165) is 12.2 Å². The summed E-state index contributed by atoms with van der Waals surface area (Å²) in [5.74, 6) is 1.52. The maximum Gasteiger partial charge on any atom is 0.119 e. The minimum Gasteiger partial charge on any atom is -0.497 e. The first-order chi connectivity index (χ1) is 8.69. The van der Waals surface area contributed by atoms with Crippen LogP contribution in [0.2, 0.25) is 0 Å². The van der Waals surface area contributed by atoms with E-state index in [1.807, 2.05) is 12.1 Å². The van der Waals surface area contributed by atoms with Gasteiger partial charge in [-0.25, -0.2) is 0 Å². The summed E-state index contributed by atoms with van der Waals surface area (Å²) in [5.41, 5.74) is 4.02. The van der Waals surface area contributed by atoms with Gasteiger partial charge in [0.05, 0.1) is 7.11 Å². The molecule has 2 aromatic rings. The Morgan fingerprint density at radius 3 is 2.28 bits per heavy atom. The Hall–Kier alpha value is -1.76. The van der Waals surface area contributed by atoms with Crippen LogP contribution in [-0.4, -0.2) is 7.11 Å². The van der Waals surface area contributed by atoms with Crippen molar-refractivity contribution < 1.29 is 4.74 Å². The van der Waals surface area contributed by atoms with E-state index in [-0.39, 0.29) is 0 Å². The van der Waals surface area contributed by atoms with Crippen LogP contribution in [-0.2, 0) is 6.42 Å². The lowest BCUT2D eigenvalue weighted by molar-refractivity contribution is 0.414. The Morgan fingerprint density at radius 1 is 0.944 bits per heavy atom. The third-order valence-corrected chi connectivity index (χ3v) is 3.19. The largest absolute Gasteiger partial charge is 0.497 e. The van der Waals surface area contributed by atoms with Crippen LogP contribution < -0.4 is 4.74 Å². The zero-order valence-electron chi connectivity index (χ0n) is 11.3. The summed E-state index contributed by atoms with van der Waals surface area (Å²) in [4.78, 5) is 0. The Labute approximate surface area is 109 Å². The Kier molecular flexibility index (Phi) is 4.03. The van der Waals surface area contributed by atoms with Crippen LogP contribution in [0.4, 0.5) is 0 Å². The highest BCUT2D eigenvalue weighted by atomic mass is 16.5. The molecule has 0 atom stereocenters. The topological polar surface area (TPSA) is 9.23 Å². The smallest absolute Gasteiger partial charge is 0.119 e. The molecule has 0 aliphatic carbocycles. The van der Waals surface area contributed by atoms with Gasteiger partial charge in [0.25, 0.3) is 0 Å². The first-order valence-corrected chi connectivity index (χ1v) is 6.41. The van der Waals surface area contributed by atoms with E-state index in [1.165, 1.54) is 16.7 Å². The number of hydrogen-bond donors (Lipinski definition) is 0. The highest BCUT2D eigenvalue weighted by Crippen LogP contribution is 2.18. The van der Waals surface area contributed by atoms with Crippen LogP contribution in [0, 0.1) is 0 Å². The highest BCUT2D eigenvalue weighted by molar-refractivity contribution is 5.34. The minimum absolute atomic E-state index is 0.593. The van der Waals surface area contributed by atoms with Gasteiger partial charge in [0, 0.05) is 0 Å². The second-order valence-electron chi connectivity index (χ2n) is 4.92. The monoisotopic (exact) mass is 240 g/mol. The lowest BCUT2D eigenvalue weighted by Gasteiger charge is -2.08. The fraction of sp³-hybridized carbons (Fsp3) is 0.294. The minimum atomic E-state index is 0.593. The molecule has 2 aromatic carbocycles. The summed E-state index contributed by atoms with van der Waals surface area (Å²) in [7, 11) is 1.70. The van der Waals surface area contributed by atoms with Crippen LogP contribution >= 0.6 is 0 Å². The van der Waals surface area contributed by atoms with Gasteiger partial charge in [-0.3, -0.25) is 0 Å². The number of rotatable bonds is 4. The summed E-state index contributed by atoms with van der Waals surface area (Å²) in [6.07, 6.45) is 0.954. The molecule has 0 saturated carbocycles. The molecule has 0 aliphatic heterocycles. The number of ether oxygens (including phenoxy) is 1. The van der Waals surface area contributed by atoms with Crippen LogP contribution in [0.3, 0.4) is 0 Å². The summed E-state index contributed by atoms with van der Waals surface area (Å²) in [6, 6.07) is 17.1. The summed E-state index contributed by atoms with van der Waals surface area (Å²) < 4.78 is 5.24. The predicted molar refractivity (Wildman–Crippen MR) is 76.3 cm³/mol. The van der Waals surface area contributed by atoms with Gasteiger partial charge in [-0.1, -0.05) is 50.2 Å². The van der Waals surface area contributed by atoms with E-state index >= 15 is 0 Å². The predicted octanol–water partition coefficient (Wildman–Crippen LogP) is 4.41. The normalized spacial score (nSPS) is 10.7. The molecule has 0 spiro atoms. The van der Waals surface area contributed by atoms with Crippen molar-refractivity contribution in [3.8, 4) is 5.75 Å². The molecule has 0 radical (unpaired) electrons. The van der Waals surface area contributed by atoms with Gasteiger partial charge in [-0.15, -0.1) is 0 Å². The van der Waals surface area contributed by atoms with Crippen molar-refractivity contribution in [2.24, 2.45) is 0 Å². The molecule has 2 rings (SSSR count). The van der Waals surface area contributed by atoms with Crippen molar-refractivity contribution in [1.82, 2.24) is 0 Å². The molecule has 0 aromatic heterocycles. The maximum atomic E-state index is 5.24. The van der Waals surface area contributed by atoms with E-state index in [4.69, 9.17) is 4.74 Å². The van der Waals surface area contributed by atoms with Gasteiger partial charge in [0.2, 0.25) is 0 Å². The van der Waals surface area contributed by atoms with Crippen molar-refractivity contribution >= 4 is 0 Å². The second kappa shape index (κ2) is 5.72. The van der Waals surface area contributed by atoms with Crippen molar-refractivity contribution in [1.29, 1.82) is 0 Å². The molecule has 0 bridgehead atoms. The first-order valence-electron chi connectivity index (χ1n) is 6.41. The fourth-order valence-electron chi connectivity index (χ4n) is 2.04. The molecule has 0 fully saturated rings. The molecule has 1 heteroatoms. The molecule has 18 heavy (non-hydrogen) atoms. The molecule has 0 unspecified atom stereocenters. The van der Waals surface area contributed by atoms with Crippen LogP contribution in [0.1, 0.15) is 36.5 Å². The van der Waals surface area contributed by atoms with Crippen LogP contribution in [0.5, 0.6) is 5.75 Å². The van der Waals surface area contributed by atoms with Gasteiger partial charge in [0.15, 0.2) is 0 Å². The van der Waals surface area contributed by atoms with Gasteiger partial charge in [-0.2, -0.15) is 0 Å². The maximum absolute atomic E-state index is 5.24. The van der Waals surface area contributed by atoms with E-state index in [2.05, 4.69) is 50.2 Å². The van der Waals surface area contributed by atoms with E-state index < -0.39 is 0 Å². The van der Waals surface area contributed by atoms with Gasteiger partial charge < -0.3 is 4.74 Å². The standard InChI is InChI=1S/C17H20O/c1-13(2)16-9-7-14(8-10-16)11-15-5-4-6-17(12-15)18-3/h4-10,12-13H,11H2,1-3H3. The van der Waals surface area contributed by atoms with Crippen molar-refractivity contribution in [3.63, 3.8) is 0 Å². The van der Waals surface area contributed by atoms with E-state index in [9.17, 15) is 0 Å². The first kappa shape index (κ1) is 12.7. The summed E-state index contributed by atoms with van der Waals surface area (Å²) in [5, 5.41) is 0. The fourth-order valence-corrected chi connectivity index (χ4v) is 2.04. The highest BCUT2D eigenvalue weighted by Gasteiger charge is 2.01. The number of benzene rings is 2. The van der Waals surface area contributed by atoms with E-state index in [0.29, 0.717) is 5.92 Å².